The smallest absolute Gasteiger partial charge is 0.320 e. The number of likely N-dealkylation sites (tertiary alicyclic amines) is 1. The van der Waals surface area contributed by atoms with Crippen LogP contribution in [0.1, 0.15) is 12.0 Å². The number of hydrogen-bond donors (Lipinski definition) is 0. The number of amides is 4. The van der Waals surface area contributed by atoms with E-state index in [1.165, 1.54) is 0 Å². The number of carbonyl (C=O) groups is 2. The van der Waals surface area contributed by atoms with Gasteiger partial charge in [0.15, 0.2) is 0 Å². The maximum Gasteiger partial charge on any atom is 0.320 e. The normalized spacial score (nSPS) is 17.0. The fraction of sp³-hybridized carbons (Fsp3) is 0.529. The highest BCUT2D eigenvalue weighted by Crippen LogP contribution is 2.20. The molecule has 1 saturated heterocycles. The van der Waals surface area contributed by atoms with Gasteiger partial charge in [-0.3, -0.25) is 0 Å². The largest absolute Gasteiger partial charge is 0.331 e. The van der Waals surface area contributed by atoms with Gasteiger partial charge in [-0.1, -0.05) is 30.3 Å². The first-order valence-corrected chi connectivity index (χ1v) is 7.88. The van der Waals surface area contributed by atoms with Crippen molar-refractivity contribution in [2.75, 3.05) is 41.3 Å². The molecule has 0 unspecified atom stereocenters. The third-order valence-corrected chi connectivity index (χ3v) is 4.08. The summed E-state index contributed by atoms with van der Waals surface area (Å²) < 4.78 is 0. The van der Waals surface area contributed by atoms with Gasteiger partial charge in [0.25, 0.3) is 0 Å². The van der Waals surface area contributed by atoms with E-state index in [1.807, 2.05) is 40.1 Å². The molecule has 0 aromatic heterocycles. The third-order valence-electron chi connectivity index (χ3n) is 4.08. The molecule has 2 rings (SSSR count). The Hall–Kier alpha value is -2.24. The quantitative estimate of drug-likeness (QED) is 0.855. The van der Waals surface area contributed by atoms with Gasteiger partial charge in [0.1, 0.15) is 0 Å². The molecular formula is C17H26N4O2. The van der Waals surface area contributed by atoms with Crippen molar-refractivity contribution in [3.8, 4) is 0 Å². The summed E-state index contributed by atoms with van der Waals surface area (Å²) in [5, 5.41) is 0. The summed E-state index contributed by atoms with van der Waals surface area (Å²) in [6, 6.07) is 10.0. The summed E-state index contributed by atoms with van der Waals surface area (Å²) in [6.45, 7) is 1.84. The van der Waals surface area contributed by atoms with Crippen LogP contribution >= 0.6 is 0 Å². The van der Waals surface area contributed by atoms with Crippen molar-refractivity contribution < 1.29 is 9.59 Å². The molecule has 4 amide bonds. The van der Waals surface area contributed by atoms with E-state index in [9.17, 15) is 9.59 Å². The Labute approximate surface area is 138 Å². The van der Waals surface area contributed by atoms with Crippen molar-refractivity contribution in [2.45, 2.75) is 19.0 Å². The summed E-state index contributed by atoms with van der Waals surface area (Å²) in [5.74, 6) is 0. The SMILES string of the molecule is CN(C)C(=O)N1CC[C@H](N(Cc2ccccc2)C(=O)N(C)C)C1. The molecule has 6 heteroatoms. The van der Waals surface area contributed by atoms with Gasteiger partial charge >= 0.3 is 12.1 Å². The first-order chi connectivity index (χ1) is 10.9. The summed E-state index contributed by atoms with van der Waals surface area (Å²) in [7, 11) is 7.03. The fourth-order valence-electron chi connectivity index (χ4n) is 2.84. The van der Waals surface area contributed by atoms with Gasteiger partial charge in [-0.25, -0.2) is 9.59 Å². The number of carbonyl (C=O) groups excluding carboxylic acids is 2. The van der Waals surface area contributed by atoms with Gasteiger partial charge < -0.3 is 19.6 Å². The highest BCUT2D eigenvalue weighted by atomic mass is 16.2. The summed E-state index contributed by atoms with van der Waals surface area (Å²) in [5.41, 5.74) is 1.10. The van der Waals surface area contributed by atoms with Crippen LogP contribution in [0.4, 0.5) is 9.59 Å². The number of benzene rings is 1. The second-order valence-corrected chi connectivity index (χ2v) is 6.36. The van der Waals surface area contributed by atoms with Crippen molar-refractivity contribution in [1.82, 2.24) is 19.6 Å². The van der Waals surface area contributed by atoms with Gasteiger partial charge in [0.05, 0.1) is 6.04 Å². The third kappa shape index (κ3) is 4.15. The first kappa shape index (κ1) is 17.1. The van der Waals surface area contributed by atoms with Crippen LogP contribution in [0.2, 0.25) is 0 Å². The molecule has 1 aromatic rings. The lowest BCUT2D eigenvalue weighted by molar-refractivity contribution is 0.142. The second-order valence-electron chi connectivity index (χ2n) is 6.36. The topological polar surface area (TPSA) is 47.1 Å². The number of rotatable bonds is 3. The van der Waals surface area contributed by atoms with Crippen LogP contribution in [0.5, 0.6) is 0 Å². The molecule has 126 valence electrons. The van der Waals surface area contributed by atoms with Crippen molar-refractivity contribution in [3.63, 3.8) is 0 Å². The van der Waals surface area contributed by atoms with Crippen molar-refractivity contribution in [2.24, 2.45) is 0 Å². The minimum Gasteiger partial charge on any atom is -0.331 e. The highest BCUT2D eigenvalue weighted by Gasteiger charge is 2.34. The summed E-state index contributed by atoms with van der Waals surface area (Å²) >= 11 is 0. The monoisotopic (exact) mass is 318 g/mol. The molecule has 0 N–H and O–H groups in total. The molecule has 0 saturated carbocycles. The zero-order valence-corrected chi connectivity index (χ0v) is 14.4. The van der Waals surface area contributed by atoms with Crippen LogP contribution in [0.25, 0.3) is 0 Å². The Bertz CT molecular complexity index is 545. The van der Waals surface area contributed by atoms with E-state index >= 15 is 0 Å². The summed E-state index contributed by atoms with van der Waals surface area (Å²) in [4.78, 5) is 31.6. The molecule has 1 heterocycles. The maximum absolute atomic E-state index is 12.6. The predicted molar refractivity (Wildman–Crippen MR) is 90.1 cm³/mol. The van der Waals surface area contributed by atoms with Crippen molar-refractivity contribution in [3.05, 3.63) is 35.9 Å². The lowest BCUT2D eigenvalue weighted by Crippen LogP contribution is -2.47. The average molecular weight is 318 g/mol. The maximum atomic E-state index is 12.6. The molecule has 1 aliphatic heterocycles. The van der Waals surface area contributed by atoms with E-state index in [1.54, 1.807) is 38.0 Å². The van der Waals surface area contributed by atoms with Gasteiger partial charge in [0.2, 0.25) is 0 Å². The van der Waals surface area contributed by atoms with E-state index in [4.69, 9.17) is 0 Å². The zero-order chi connectivity index (χ0) is 17.0. The molecule has 0 spiro atoms. The Kier molecular flexibility index (Phi) is 5.47. The zero-order valence-electron chi connectivity index (χ0n) is 14.4. The van der Waals surface area contributed by atoms with Crippen LogP contribution in [-0.4, -0.2) is 79.0 Å². The lowest BCUT2D eigenvalue weighted by atomic mass is 10.1. The van der Waals surface area contributed by atoms with E-state index in [-0.39, 0.29) is 18.1 Å². The van der Waals surface area contributed by atoms with Crippen LogP contribution in [0.3, 0.4) is 0 Å². The first-order valence-electron chi connectivity index (χ1n) is 7.88. The molecule has 1 aromatic carbocycles. The average Bonchev–Trinajstić information content (AvgIpc) is 3.01. The molecule has 1 atom stereocenters. The Morgan fingerprint density at radius 3 is 2.30 bits per heavy atom. The van der Waals surface area contributed by atoms with Crippen molar-refractivity contribution >= 4 is 12.1 Å². The predicted octanol–water partition coefficient (Wildman–Crippen LogP) is 1.93. The van der Waals surface area contributed by atoms with Gasteiger partial charge in [-0.15, -0.1) is 0 Å². The highest BCUT2D eigenvalue weighted by molar-refractivity contribution is 5.76. The Morgan fingerprint density at radius 2 is 1.74 bits per heavy atom. The molecule has 0 bridgehead atoms. The fourth-order valence-corrected chi connectivity index (χ4v) is 2.84. The van der Waals surface area contributed by atoms with Crippen LogP contribution in [-0.2, 0) is 6.54 Å². The van der Waals surface area contributed by atoms with Crippen LogP contribution in [0.15, 0.2) is 30.3 Å². The molecule has 1 fully saturated rings. The number of urea groups is 2. The summed E-state index contributed by atoms with van der Waals surface area (Å²) in [6.07, 6.45) is 0.812. The second kappa shape index (κ2) is 7.35. The number of nitrogens with zero attached hydrogens (tertiary/aromatic N) is 4. The van der Waals surface area contributed by atoms with E-state index < -0.39 is 0 Å². The van der Waals surface area contributed by atoms with Gasteiger partial charge in [-0.2, -0.15) is 0 Å². The van der Waals surface area contributed by atoms with Crippen LogP contribution < -0.4 is 0 Å². The Balaban J connectivity index is 2.12. The molecule has 0 radical (unpaired) electrons. The van der Waals surface area contributed by atoms with Crippen molar-refractivity contribution in [1.29, 1.82) is 0 Å². The molecule has 23 heavy (non-hydrogen) atoms. The molecular weight excluding hydrogens is 292 g/mol. The van der Waals surface area contributed by atoms with E-state index in [0.29, 0.717) is 19.6 Å². The van der Waals surface area contributed by atoms with E-state index in [0.717, 1.165) is 12.0 Å². The minimum absolute atomic E-state index is 0.00413. The minimum atomic E-state index is -0.0157. The standard InChI is InChI=1S/C17H26N4O2/c1-18(2)16(22)20-11-10-15(13-20)21(17(23)19(3)4)12-14-8-6-5-7-9-14/h5-9,15H,10-13H2,1-4H3/t15-/m0/s1. The van der Waals surface area contributed by atoms with Crippen LogP contribution in [0, 0.1) is 0 Å². The van der Waals surface area contributed by atoms with Gasteiger partial charge in [-0.05, 0) is 12.0 Å². The van der Waals surface area contributed by atoms with E-state index in [2.05, 4.69) is 0 Å². The number of hydrogen-bond acceptors (Lipinski definition) is 2. The Morgan fingerprint density at radius 1 is 1.09 bits per heavy atom. The molecule has 6 nitrogen and oxygen atoms in total. The molecule has 0 aliphatic carbocycles. The van der Waals surface area contributed by atoms with Gasteiger partial charge in [0, 0.05) is 47.8 Å². The molecule has 1 aliphatic rings. The lowest BCUT2D eigenvalue weighted by Gasteiger charge is -2.32.